The number of carbonyl (C=O) groups is 2. The third-order valence-corrected chi connectivity index (χ3v) is 8.28. The van der Waals surface area contributed by atoms with Crippen molar-refractivity contribution in [1.82, 2.24) is 10.0 Å². The quantitative estimate of drug-likeness (QED) is 0.299. The number of carboxylic acid groups (broad SMARTS) is 1. The van der Waals surface area contributed by atoms with Crippen LogP contribution in [0.3, 0.4) is 0 Å². The molecule has 0 radical (unpaired) electrons. The molecular weight excluding hydrogens is 551 g/mol. The summed E-state index contributed by atoms with van der Waals surface area (Å²) in [6, 6.07) is 15.7. The van der Waals surface area contributed by atoms with Gasteiger partial charge in [-0.3, -0.25) is 9.59 Å². The molecule has 200 valence electrons. The number of carboxylic acids is 1. The summed E-state index contributed by atoms with van der Waals surface area (Å²) >= 11 is 12.0. The summed E-state index contributed by atoms with van der Waals surface area (Å²) in [5.41, 5.74) is 1.87. The summed E-state index contributed by atoms with van der Waals surface area (Å²) in [5, 5.41) is 13.4. The van der Waals surface area contributed by atoms with E-state index in [1.165, 1.54) is 18.2 Å². The highest BCUT2D eigenvalue weighted by Gasteiger charge is 2.42. The number of rotatable bonds is 10. The first-order chi connectivity index (χ1) is 18.1. The van der Waals surface area contributed by atoms with Crippen LogP contribution in [0.25, 0.3) is 11.1 Å². The Morgan fingerprint density at radius 2 is 1.71 bits per heavy atom. The molecule has 8 nitrogen and oxygen atoms in total. The molecule has 3 atom stereocenters. The van der Waals surface area contributed by atoms with E-state index in [0.717, 1.165) is 11.1 Å². The van der Waals surface area contributed by atoms with E-state index in [4.69, 9.17) is 27.9 Å². The molecule has 0 saturated carbocycles. The van der Waals surface area contributed by atoms with E-state index in [1.54, 1.807) is 31.4 Å². The molecule has 1 heterocycles. The SMILES string of the molecule is COc1ccccc1-c1ccc([C@@H](NS(=O)(=O)c2cc(Cl)cc(Cl)c2)[C@H](C(=O)O)C(=O)C2CCCN2)cc1. The lowest BCUT2D eigenvalue weighted by molar-refractivity contribution is -0.148. The number of para-hydroxylation sites is 1. The number of methoxy groups -OCH3 is 1. The number of aliphatic carboxylic acids is 1. The van der Waals surface area contributed by atoms with E-state index >= 15 is 0 Å². The van der Waals surface area contributed by atoms with Gasteiger partial charge in [-0.15, -0.1) is 0 Å². The van der Waals surface area contributed by atoms with E-state index in [-0.39, 0.29) is 14.9 Å². The van der Waals surface area contributed by atoms with Gasteiger partial charge in [-0.1, -0.05) is 65.7 Å². The van der Waals surface area contributed by atoms with Crippen molar-refractivity contribution in [3.05, 3.63) is 82.3 Å². The van der Waals surface area contributed by atoms with E-state index in [9.17, 15) is 23.1 Å². The Morgan fingerprint density at radius 1 is 1.05 bits per heavy atom. The Hall–Kier alpha value is -2.95. The summed E-state index contributed by atoms with van der Waals surface area (Å²) < 4.78 is 34.7. The molecule has 4 rings (SSSR count). The third-order valence-electron chi connectivity index (χ3n) is 6.43. The maximum Gasteiger partial charge on any atom is 0.316 e. The number of ether oxygens (including phenoxy) is 1. The predicted octanol–water partition coefficient (Wildman–Crippen LogP) is 4.71. The molecule has 0 amide bonds. The predicted molar refractivity (Wildman–Crippen MR) is 145 cm³/mol. The van der Waals surface area contributed by atoms with Gasteiger partial charge in [0.25, 0.3) is 0 Å². The minimum absolute atomic E-state index is 0.0941. The van der Waals surface area contributed by atoms with Crippen molar-refractivity contribution >= 4 is 45.0 Å². The highest BCUT2D eigenvalue weighted by atomic mass is 35.5. The van der Waals surface area contributed by atoms with Crippen molar-refractivity contribution in [2.45, 2.75) is 29.8 Å². The van der Waals surface area contributed by atoms with E-state index in [2.05, 4.69) is 10.0 Å². The first-order valence-electron chi connectivity index (χ1n) is 11.8. The van der Waals surface area contributed by atoms with Crippen LogP contribution in [0.15, 0.2) is 71.6 Å². The Balaban J connectivity index is 1.78. The molecule has 1 fully saturated rings. The second kappa shape index (κ2) is 11.8. The summed E-state index contributed by atoms with van der Waals surface area (Å²) in [7, 11) is -2.78. The van der Waals surface area contributed by atoms with E-state index in [1.807, 2.05) is 24.3 Å². The van der Waals surface area contributed by atoms with Gasteiger partial charge in [0.15, 0.2) is 5.78 Å². The number of ketones is 1. The zero-order chi connectivity index (χ0) is 27.4. The molecule has 0 aromatic heterocycles. The van der Waals surface area contributed by atoms with Gasteiger partial charge in [0.1, 0.15) is 11.7 Å². The number of halogens is 2. The molecule has 3 aromatic rings. The van der Waals surface area contributed by atoms with Crippen LogP contribution in [-0.2, 0) is 19.6 Å². The third kappa shape index (κ3) is 6.19. The van der Waals surface area contributed by atoms with E-state index in [0.29, 0.717) is 30.7 Å². The maximum atomic E-state index is 13.4. The smallest absolute Gasteiger partial charge is 0.316 e. The van der Waals surface area contributed by atoms with Gasteiger partial charge in [-0.05, 0) is 54.8 Å². The molecule has 1 unspecified atom stereocenters. The van der Waals surface area contributed by atoms with Crippen molar-refractivity contribution in [3.63, 3.8) is 0 Å². The molecule has 1 saturated heterocycles. The summed E-state index contributed by atoms with van der Waals surface area (Å²) in [6.07, 6.45) is 1.19. The van der Waals surface area contributed by atoms with Crippen molar-refractivity contribution in [2.75, 3.05) is 13.7 Å². The molecule has 3 aromatic carbocycles. The molecule has 0 aliphatic carbocycles. The highest BCUT2D eigenvalue weighted by Crippen LogP contribution is 2.33. The van der Waals surface area contributed by atoms with E-state index < -0.39 is 39.8 Å². The molecule has 3 N–H and O–H groups in total. The van der Waals surface area contributed by atoms with Crippen LogP contribution in [0.5, 0.6) is 5.75 Å². The Bertz CT molecular complexity index is 1420. The van der Waals surface area contributed by atoms with Gasteiger partial charge in [-0.25, -0.2) is 13.1 Å². The molecule has 38 heavy (non-hydrogen) atoms. The number of benzene rings is 3. The zero-order valence-electron chi connectivity index (χ0n) is 20.4. The van der Waals surface area contributed by atoms with Crippen LogP contribution in [0.2, 0.25) is 10.0 Å². The maximum absolute atomic E-state index is 13.4. The van der Waals surface area contributed by atoms with Crippen molar-refractivity contribution < 1.29 is 27.9 Å². The van der Waals surface area contributed by atoms with Crippen molar-refractivity contribution in [1.29, 1.82) is 0 Å². The fourth-order valence-corrected chi connectivity index (χ4v) is 6.54. The van der Waals surface area contributed by atoms with Gasteiger partial charge < -0.3 is 15.2 Å². The molecule has 11 heteroatoms. The molecule has 1 aliphatic heterocycles. The lowest BCUT2D eigenvalue weighted by atomic mass is 9.86. The number of Topliss-reactive ketones (excluding diaryl/α,β-unsaturated/α-hetero) is 1. The fraction of sp³-hybridized carbons (Fsp3) is 0.259. The van der Waals surface area contributed by atoms with Gasteiger partial charge in [0, 0.05) is 15.6 Å². The second-order valence-electron chi connectivity index (χ2n) is 8.89. The normalized spacial score (nSPS) is 17.1. The average molecular weight is 577 g/mol. The average Bonchev–Trinajstić information content (AvgIpc) is 3.43. The highest BCUT2D eigenvalue weighted by molar-refractivity contribution is 7.89. The Kier molecular flexibility index (Phi) is 8.74. The molecule has 0 spiro atoms. The Morgan fingerprint density at radius 3 is 2.29 bits per heavy atom. The standard InChI is InChI=1S/C27H26Cl2N2O6S/c1-37-23-7-3-2-5-21(23)16-8-10-17(11-9-16)25(24(27(33)34)26(32)22-6-4-12-30-22)31-38(35,36)20-14-18(28)13-19(29)15-20/h2-3,5,7-11,13-15,22,24-25,30-31H,4,6,12H2,1H3,(H,33,34)/t22?,24-,25+/m0/s1. The minimum Gasteiger partial charge on any atom is -0.496 e. The van der Waals surface area contributed by atoms with Crippen LogP contribution < -0.4 is 14.8 Å². The monoisotopic (exact) mass is 576 g/mol. The zero-order valence-corrected chi connectivity index (χ0v) is 22.7. The number of nitrogens with one attached hydrogen (secondary N) is 2. The van der Waals surface area contributed by atoms with Crippen LogP contribution in [0.1, 0.15) is 24.4 Å². The number of carbonyl (C=O) groups excluding carboxylic acids is 1. The summed E-state index contributed by atoms with van der Waals surface area (Å²) in [6.45, 7) is 0.577. The topological polar surface area (TPSA) is 122 Å². The first kappa shape index (κ1) is 28.1. The van der Waals surface area contributed by atoms with Gasteiger partial charge >= 0.3 is 5.97 Å². The molecule has 1 aliphatic rings. The lowest BCUT2D eigenvalue weighted by Crippen LogP contribution is -2.46. The number of hydrogen-bond acceptors (Lipinski definition) is 6. The second-order valence-corrected chi connectivity index (χ2v) is 11.5. The van der Waals surface area contributed by atoms with Gasteiger partial charge in [0.2, 0.25) is 10.0 Å². The van der Waals surface area contributed by atoms with Gasteiger partial charge in [0.05, 0.1) is 24.1 Å². The lowest BCUT2D eigenvalue weighted by Gasteiger charge is -2.27. The Labute approximate surface area is 231 Å². The van der Waals surface area contributed by atoms with Crippen LogP contribution in [0.4, 0.5) is 0 Å². The molecule has 0 bridgehead atoms. The number of sulfonamides is 1. The van der Waals surface area contributed by atoms with Crippen LogP contribution in [-0.4, -0.2) is 45.0 Å². The van der Waals surface area contributed by atoms with Crippen molar-refractivity contribution in [2.24, 2.45) is 5.92 Å². The number of hydrogen-bond donors (Lipinski definition) is 3. The van der Waals surface area contributed by atoms with Crippen LogP contribution in [0, 0.1) is 5.92 Å². The summed E-state index contributed by atoms with van der Waals surface area (Å²) in [4.78, 5) is 25.6. The minimum atomic E-state index is -4.34. The van der Waals surface area contributed by atoms with Crippen LogP contribution >= 0.6 is 23.2 Å². The van der Waals surface area contributed by atoms with Crippen molar-refractivity contribution in [3.8, 4) is 16.9 Å². The molecular formula is C27H26Cl2N2O6S. The summed E-state index contributed by atoms with van der Waals surface area (Å²) in [5.74, 6) is -3.08. The first-order valence-corrected chi connectivity index (χ1v) is 14.1. The largest absolute Gasteiger partial charge is 0.496 e. The fourth-order valence-electron chi connectivity index (χ4n) is 4.57. The van der Waals surface area contributed by atoms with Gasteiger partial charge in [-0.2, -0.15) is 0 Å².